The Labute approximate surface area is 58.9 Å². The highest BCUT2D eigenvalue weighted by atomic mass is 32.2. The molecule has 1 N–H and O–H groups in total. The Morgan fingerprint density at radius 3 is 2.60 bits per heavy atom. The number of amidine groups is 1. The van der Waals surface area contributed by atoms with E-state index < -0.39 is 10.0 Å². The number of rotatable bonds is 1. The van der Waals surface area contributed by atoms with Crippen molar-refractivity contribution >= 4 is 15.2 Å². The summed E-state index contributed by atoms with van der Waals surface area (Å²) in [5, 5.41) is 3.31. The molecule has 0 unspecified atom stereocenters. The van der Waals surface area contributed by atoms with E-state index in [0.717, 1.165) is 0 Å². The monoisotopic (exact) mass is 160 g/mol. The Balaban J connectivity index is 2.87. The van der Waals surface area contributed by atoms with Crippen LogP contribution in [0.25, 0.3) is 0 Å². The molecule has 0 saturated carbocycles. The summed E-state index contributed by atoms with van der Waals surface area (Å²) in [4.78, 5) is 3.50. The van der Waals surface area contributed by atoms with E-state index in [2.05, 4.69) is 15.0 Å². The van der Waals surface area contributed by atoms with Crippen LogP contribution in [0.2, 0.25) is 0 Å². The summed E-state index contributed by atoms with van der Waals surface area (Å²) < 4.78 is 23.7. The van der Waals surface area contributed by atoms with Crippen molar-refractivity contribution in [1.82, 2.24) is 10.0 Å². The molecular formula is C4H6N3O2S. The normalized spacial score (nSPS) is 16.7. The van der Waals surface area contributed by atoms with Gasteiger partial charge in [-0.1, -0.05) is 0 Å². The number of sulfonamides is 1. The van der Waals surface area contributed by atoms with Gasteiger partial charge in [-0.3, -0.25) is 0 Å². The minimum atomic E-state index is -3.43. The molecule has 0 atom stereocenters. The fourth-order valence-corrected chi connectivity index (χ4v) is 1.04. The van der Waals surface area contributed by atoms with Crippen molar-refractivity contribution in [3.05, 3.63) is 12.4 Å². The predicted molar refractivity (Wildman–Crippen MR) is 36.7 cm³/mol. The molecule has 1 radical (unpaired) electrons. The summed E-state index contributed by atoms with van der Waals surface area (Å²) in [6.45, 7) is 0. The zero-order valence-corrected chi connectivity index (χ0v) is 6.09. The molecule has 5 nitrogen and oxygen atoms in total. The number of hydrogen-bond acceptors (Lipinski definition) is 3. The minimum Gasteiger partial charge on any atom is -0.224 e. The maximum atomic E-state index is 10.8. The molecule has 0 fully saturated rings. The van der Waals surface area contributed by atoms with Crippen LogP contribution in [-0.4, -0.2) is 20.6 Å². The Morgan fingerprint density at radius 2 is 2.20 bits per heavy atom. The van der Waals surface area contributed by atoms with Gasteiger partial charge < -0.3 is 0 Å². The van der Waals surface area contributed by atoms with Crippen LogP contribution in [0.1, 0.15) is 0 Å². The Hall–Kier alpha value is -0.880. The highest BCUT2D eigenvalue weighted by Crippen LogP contribution is 1.95. The molecule has 6 heteroatoms. The molecule has 10 heavy (non-hydrogen) atoms. The molecule has 55 valence electrons. The molecule has 1 rings (SSSR count). The highest BCUT2D eigenvalue weighted by molar-refractivity contribution is 8.04. The molecular weight excluding hydrogens is 154 g/mol. The van der Waals surface area contributed by atoms with E-state index >= 15 is 0 Å². The SMILES string of the molecule is CNS(=O)(=O)C1=NC=C[N]1. The third-order valence-corrected chi connectivity index (χ3v) is 2.17. The van der Waals surface area contributed by atoms with E-state index in [4.69, 9.17) is 0 Å². The first-order valence-electron chi connectivity index (χ1n) is 2.54. The van der Waals surface area contributed by atoms with Crippen molar-refractivity contribution in [2.45, 2.75) is 0 Å². The van der Waals surface area contributed by atoms with Gasteiger partial charge in [0.2, 0.25) is 0 Å². The molecule has 0 aromatic heterocycles. The molecule has 1 aliphatic rings. The number of aliphatic imine (C=N–C) groups is 1. The molecule has 1 aliphatic heterocycles. The number of hydrogen-bond donors (Lipinski definition) is 1. The largest absolute Gasteiger partial charge is 0.276 e. The van der Waals surface area contributed by atoms with Crippen LogP contribution in [0.5, 0.6) is 0 Å². The summed E-state index contributed by atoms with van der Waals surface area (Å²) in [7, 11) is -2.12. The average molecular weight is 160 g/mol. The summed E-state index contributed by atoms with van der Waals surface area (Å²) in [6, 6.07) is 0. The predicted octanol–water partition coefficient (Wildman–Crippen LogP) is -1.02. The van der Waals surface area contributed by atoms with Gasteiger partial charge in [0.25, 0.3) is 15.2 Å². The fourth-order valence-electron chi connectivity index (χ4n) is 0.458. The maximum Gasteiger partial charge on any atom is 0.276 e. The number of nitrogens with zero attached hydrogens (tertiary/aromatic N) is 2. The van der Waals surface area contributed by atoms with Crippen molar-refractivity contribution in [3.8, 4) is 0 Å². The molecule has 0 aromatic rings. The lowest BCUT2D eigenvalue weighted by molar-refractivity contribution is 0.599. The van der Waals surface area contributed by atoms with Crippen molar-refractivity contribution in [1.29, 1.82) is 0 Å². The van der Waals surface area contributed by atoms with Gasteiger partial charge in [-0.05, 0) is 7.05 Å². The Kier molecular flexibility index (Phi) is 1.73. The minimum absolute atomic E-state index is 0.185. The first-order valence-corrected chi connectivity index (χ1v) is 4.02. The molecule has 0 spiro atoms. The van der Waals surface area contributed by atoms with E-state index in [-0.39, 0.29) is 5.17 Å². The van der Waals surface area contributed by atoms with Crippen LogP contribution < -0.4 is 10.0 Å². The van der Waals surface area contributed by atoms with Crippen LogP contribution in [0.4, 0.5) is 0 Å². The van der Waals surface area contributed by atoms with Gasteiger partial charge in [0.15, 0.2) is 0 Å². The second kappa shape index (κ2) is 2.39. The van der Waals surface area contributed by atoms with Crippen molar-refractivity contribution in [2.24, 2.45) is 4.99 Å². The van der Waals surface area contributed by atoms with E-state index in [1.54, 1.807) is 0 Å². The number of nitrogens with one attached hydrogen (secondary N) is 1. The van der Waals surface area contributed by atoms with E-state index in [0.29, 0.717) is 0 Å². The van der Waals surface area contributed by atoms with Crippen molar-refractivity contribution in [3.63, 3.8) is 0 Å². The van der Waals surface area contributed by atoms with Gasteiger partial charge in [0, 0.05) is 12.4 Å². The summed E-state index contributed by atoms with van der Waals surface area (Å²) in [5.74, 6) is 0. The lowest BCUT2D eigenvalue weighted by atomic mass is 11.0. The van der Waals surface area contributed by atoms with Gasteiger partial charge >= 0.3 is 0 Å². The smallest absolute Gasteiger partial charge is 0.224 e. The maximum absolute atomic E-state index is 10.8. The fraction of sp³-hybridized carbons (Fsp3) is 0.250. The first-order chi connectivity index (χ1) is 4.67. The van der Waals surface area contributed by atoms with Crippen LogP contribution in [0.3, 0.4) is 0 Å². The standard InChI is InChI=1S/C4H6N3O2S/c1-5-10(8,9)4-6-2-3-7-4/h2-3,5H,1H3. The third-order valence-electron chi connectivity index (χ3n) is 0.946. The van der Waals surface area contributed by atoms with E-state index in [9.17, 15) is 8.42 Å². The lowest BCUT2D eigenvalue weighted by Gasteiger charge is -1.97. The van der Waals surface area contributed by atoms with Crippen LogP contribution in [0.15, 0.2) is 17.4 Å². The quantitative estimate of drug-likeness (QED) is 0.533. The molecule has 0 saturated heterocycles. The Morgan fingerprint density at radius 1 is 1.50 bits per heavy atom. The third kappa shape index (κ3) is 1.17. The molecule has 0 bridgehead atoms. The van der Waals surface area contributed by atoms with Gasteiger partial charge in [0.1, 0.15) is 0 Å². The molecule has 0 aromatic carbocycles. The molecule has 0 amide bonds. The summed E-state index contributed by atoms with van der Waals surface area (Å²) in [5.41, 5.74) is 0. The second-order valence-electron chi connectivity index (χ2n) is 1.55. The summed E-state index contributed by atoms with van der Waals surface area (Å²) >= 11 is 0. The zero-order chi connectivity index (χ0) is 7.61. The van der Waals surface area contributed by atoms with E-state index in [1.165, 1.54) is 19.4 Å². The highest BCUT2D eigenvalue weighted by Gasteiger charge is 2.18. The van der Waals surface area contributed by atoms with Gasteiger partial charge in [0.05, 0.1) is 0 Å². The van der Waals surface area contributed by atoms with E-state index in [1.807, 2.05) is 0 Å². The molecule has 0 aliphatic carbocycles. The first kappa shape index (κ1) is 7.23. The topological polar surface area (TPSA) is 72.6 Å². The van der Waals surface area contributed by atoms with Crippen molar-refractivity contribution in [2.75, 3.05) is 7.05 Å². The van der Waals surface area contributed by atoms with Gasteiger partial charge in [-0.15, -0.1) is 0 Å². The van der Waals surface area contributed by atoms with Crippen LogP contribution in [0, 0.1) is 0 Å². The Bertz CT molecular complexity index is 277. The van der Waals surface area contributed by atoms with Crippen molar-refractivity contribution < 1.29 is 8.42 Å². The second-order valence-corrected chi connectivity index (χ2v) is 3.33. The zero-order valence-electron chi connectivity index (χ0n) is 5.27. The van der Waals surface area contributed by atoms with Crippen LogP contribution >= 0.6 is 0 Å². The summed E-state index contributed by atoms with van der Waals surface area (Å²) in [6.07, 6.45) is 2.65. The lowest BCUT2D eigenvalue weighted by Crippen LogP contribution is -2.30. The average Bonchev–Trinajstić information content (AvgIpc) is 2.38. The van der Waals surface area contributed by atoms with Gasteiger partial charge in [-0.2, -0.15) is 0 Å². The van der Waals surface area contributed by atoms with Crippen LogP contribution in [-0.2, 0) is 10.0 Å². The van der Waals surface area contributed by atoms with Gasteiger partial charge in [-0.25, -0.2) is 23.4 Å². The molecule has 1 heterocycles.